The molecule has 4 nitrogen and oxygen atoms in total. The Morgan fingerprint density at radius 1 is 1.04 bits per heavy atom. The number of ether oxygens (including phenoxy) is 1. The van der Waals surface area contributed by atoms with Crippen LogP contribution in [-0.2, 0) is 20.7 Å². The first-order valence-electron chi connectivity index (χ1n) is 9.91. The maximum atomic E-state index is 12.7. The fourth-order valence-corrected chi connectivity index (χ4v) is 3.70. The van der Waals surface area contributed by atoms with Gasteiger partial charge in [0.2, 0.25) is 5.91 Å². The van der Waals surface area contributed by atoms with Gasteiger partial charge in [0.25, 0.3) is 0 Å². The summed E-state index contributed by atoms with van der Waals surface area (Å²) >= 11 is 0. The van der Waals surface area contributed by atoms with Gasteiger partial charge >= 0.3 is 5.97 Å². The SMILES string of the molecule is CC(C)OC(=O)[C@@H](Cc1ccccc1)NC(=O)C1CCC(C(C)C)CC1. The third kappa shape index (κ3) is 6.15. The summed E-state index contributed by atoms with van der Waals surface area (Å²) in [5.41, 5.74) is 1.02. The van der Waals surface area contributed by atoms with Gasteiger partial charge in [0.1, 0.15) is 6.04 Å². The normalized spacial score (nSPS) is 21.5. The van der Waals surface area contributed by atoms with Crippen LogP contribution in [0.5, 0.6) is 0 Å². The average molecular weight is 360 g/mol. The van der Waals surface area contributed by atoms with E-state index >= 15 is 0 Å². The lowest BCUT2D eigenvalue weighted by Crippen LogP contribution is -2.47. The molecule has 1 aromatic carbocycles. The van der Waals surface area contributed by atoms with Crippen LogP contribution in [0.4, 0.5) is 0 Å². The average Bonchev–Trinajstić information content (AvgIpc) is 2.61. The van der Waals surface area contributed by atoms with Gasteiger partial charge < -0.3 is 10.1 Å². The van der Waals surface area contributed by atoms with Crippen LogP contribution in [-0.4, -0.2) is 24.0 Å². The van der Waals surface area contributed by atoms with E-state index in [9.17, 15) is 9.59 Å². The van der Waals surface area contributed by atoms with Gasteiger partial charge in [-0.05, 0) is 56.9 Å². The standard InChI is InChI=1S/C22H33NO3/c1-15(2)18-10-12-19(13-11-18)21(24)23-20(22(25)26-16(3)4)14-17-8-6-5-7-9-17/h5-9,15-16,18-20H,10-14H2,1-4H3,(H,23,24)/t18?,19?,20-/m1/s1. The summed E-state index contributed by atoms with van der Waals surface area (Å²) in [7, 11) is 0. The highest BCUT2D eigenvalue weighted by molar-refractivity contribution is 5.86. The second kappa shape index (κ2) is 9.75. The number of amides is 1. The maximum absolute atomic E-state index is 12.7. The lowest BCUT2D eigenvalue weighted by molar-refractivity contribution is -0.152. The molecule has 0 radical (unpaired) electrons. The van der Waals surface area contributed by atoms with Crippen molar-refractivity contribution in [3.05, 3.63) is 35.9 Å². The minimum absolute atomic E-state index is 0.00570. The molecule has 1 atom stereocenters. The van der Waals surface area contributed by atoms with Gasteiger partial charge in [-0.2, -0.15) is 0 Å². The van der Waals surface area contributed by atoms with Crippen molar-refractivity contribution in [1.29, 1.82) is 0 Å². The minimum Gasteiger partial charge on any atom is -0.461 e. The predicted molar refractivity (Wildman–Crippen MR) is 104 cm³/mol. The third-order valence-electron chi connectivity index (χ3n) is 5.32. The maximum Gasteiger partial charge on any atom is 0.329 e. The second-order valence-electron chi connectivity index (χ2n) is 8.09. The highest BCUT2D eigenvalue weighted by atomic mass is 16.5. The highest BCUT2D eigenvalue weighted by Crippen LogP contribution is 2.33. The van der Waals surface area contributed by atoms with Crippen molar-refractivity contribution in [2.24, 2.45) is 17.8 Å². The summed E-state index contributed by atoms with van der Waals surface area (Å²) in [6.45, 7) is 8.16. The predicted octanol–water partition coefficient (Wildman–Crippen LogP) is 4.13. The summed E-state index contributed by atoms with van der Waals surface area (Å²) < 4.78 is 5.37. The number of nitrogens with one attached hydrogen (secondary N) is 1. The van der Waals surface area contributed by atoms with E-state index in [1.807, 2.05) is 44.2 Å². The molecule has 0 unspecified atom stereocenters. The molecule has 1 N–H and O–H groups in total. The van der Waals surface area contributed by atoms with E-state index < -0.39 is 6.04 Å². The van der Waals surface area contributed by atoms with E-state index in [1.54, 1.807) is 0 Å². The molecule has 1 aliphatic carbocycles. The van der Waals surface area contributed by atoms with E-state index in [-0.39, 0.29) is 23.9 Å². The number of esters is 1. The number of benzene rings is 1. The number of hydrogen-bond donors (Lipinski definition) is 1. The summed E-state index contributed by atoms with van der Waals surface area (Å²) in [6.07, 6.45) is 4.27. The van der Waals surface area contributed by atoms with Crippen molar-refractivity contribution >= 4 is 11.9 Å². The first-order chi connectivity index (χ1) is 12.4. The summed E-state index contributed by atoms with van der Waals surface area (Å²) in [5.74, 6) is 1.04. The third-order valence-corrected chi connectivity index (χ3v) is 5.32. The zero-order chi connectivity index (χ0) is 19.1. The minimum atomic E-state index is -0.630. The Balaban J connectivity index is 1.99. The van der Waals surface area contributed by atoms with Crippen LogP contribution in [0.1, 0.15) is 58.9 Å². The molecule has 1 saturated carbocycles. The Labute approximate surface area is 157 Å². The lowest BCUT2D eigenvalue weighted by Gasteiger charge is -2.31. The quantitative estimate of drug-likeness (QED) is 0.745. The fraction of sp³-hybridized carbons (Fsp3) is 0.636. The lowest BCUT2D eigenvalue weighted by atomic mass is 9.76. The highest BCUT2D eigenvalue weighted by Gasteiger charge is 2.31. The summed E-state index contributed by atoms with van der Waals surface area (Å²) in [4.78, 5) is 25.2. The molecule has 144 valence electrons. The van der Waals surface area contributed by atoms with Crippen molar-refractivity contribution in [3.63, 3.8) is 0 Å². The van der Waals surface area contributed by atoms with Gasteiger partial charge in [0.05, 0.1) is 6.10 Å². The second-order valence-corrected chi connectivity index (χ2v) is 8.09. The molecule has 2 rings (SSSR count). The molecule has 1 aromatic rings. The molecule has 0 spiro atoms. The van der Waals surface area contributed by atoms with Crippen LogP contribution >= 0.6 is 0 Å². The van der Waals surface area contributed by atoms with Crippen LogP contribution in [0.2, 0.25) is 0 Å². The molecular formula is C22H33NO3. The summed E-state index contributed by atoms with van der Waals surface area (Å²) in [6, 6.07) is 9.13. The molecule has 1 amide bonds. The van der Waals surface area contributed by atoms with Crippen molar-refractivity contribution in [2.45, 2.75) is 71.9 Å². The van der Waals surface area contributed by atoms with E-state index in [4.69, 9.17) is 4.74 Å². The molecule has 4 heteroatoms. The van der Waals surface area contributed by atoms with Gasteiger partial charge in [-0.3, -0.25) is 4.79 Å². The Kier molecular flexibility index (Phi) is 7.67. The van der Waals surface area contributed by atoms with Crippen LogP contribution < -0.4 is 5.32 Å². The molecule has 1 aliphatic rings. The smallest absolute Gasteiger partial charge is 0.329 e. The molecule has 0 saturated heterocycles. The van der Waals surface area contributed by atoms with Gasteiger partial charge in [-0.15, -0.1) is 0 Å². The van der Waals surface area contributed by atoms with Gasteiger partial charge in [0.15, 0.2) is 0 Å². The van der Waals surface area contributed by atoms with Crippen molar-refractivity contribution in [1.82, 2.24) is 5.32 Å². The zero-order valence-electron chi connectivity index (χ0n) is 16.5. The number of carbonyl (C=O) groups is 2. The Hall–Kier alpha value is -1.84. The number of rotatable bonds is 7. The molecular weight excluding hydrogens is 326 g/mol. The van der Waals surface area contributed by atoms with E-state index in [1.165, 1.54) is 0 Å². The summed E-state index contributed by atoms with van der Waals surface area (Å²) in [5, 5.41) is 2.97. The van der Waals surface area contributed by atoms with Crippen LogP contribution in [0.25, 0.3) is 0 Å². The molecule has 0 heterocycles. The number of carbonyl (C=O) groups excluding carboxylic acids is 2. The van der Waals surface area contributed by atoms with E-state index in [0.717, 1.165) is 31.2 Å². The topological polar surface area (TPSA) is 55.4 Å². The van der Waals surface area contributed by atoms with Gasteiger partial charge in [-0.1, -0.05) is 44.2 Å². The van der Waals surface area contributed by atoms with Crippen molar-refractivity contribution in [3.8, 4) is 0 Å². The largest absolute Gasteiger partial charge is 0.461 e. The first-order valence-corrected chi connectivity index (χ1v) is 9.91. The molecule has 26 heavy (non-hydrogen) atoms. The van der Waals surface area contributed by atoms with Gasteiger partial charge in [-0.25, -0.2) is 4.79 Å². The van der Waals surface area contributed by atoms with Crippen molar-refractivity contribution in [2.75, 3.05) is 0 Å². The van der Waals surface area contributed by atoms with Gasteiger partial charge in [0, 0.05) is 12.3 Å². The zero-order valence-corrected chi connectivity index (χ0v) is 16.5. The fourth-order valence-electron chi connectivity index (χ4n) is 3.70. The van der Waals surface area contributed by atoms with Crippen LogP contribution in [0.3, 0.4) is 0 Å². The van der Waals surface area contributed by atoms with Crippen LogP contribution in [0.15, 0.2) is 30.3 Å². The Morgan fingerprint density at radius 2 is 1.65 bits per heavy atom. The molecule has 0 aromatic heterocycles. The van der Waals surface area contributed by atoms with E-state index in [2.05, 4.69) is 19.2 Å². The molecule has 1 fully saturated rings. The van der Waals surface area contributed by atoms with Crippen LogP contribution in [0, 0.1) is 17.8 Å². The molecule has 0 aliphatic heterocycles. The first kappa shape index (κ1) is 20.5. The van der Waals surface area contributed by atoms with Crippen molar-refractivity contribution < 1.29 is 14.3 Å². The molecule has 0 bridgehead atoms. The Morgan fingerprint density at radius 3 is 2.19 bits per heavy atom. The van der Waals surface area contributed by atoms with E-state index in [0.29, 0.717) is 18.3 Å². The Bertz CT molecular complexity index is 574. The monoisotopic (exact) mass is 359 g/mol. The number of hydrogen-bond acceptors (Lipinski definition) is 3.